The Morgan fingerprint density at radius 3 is 2.29 bits per heavy atom. The van der Waals surface area contributed by atoms with Crippen LogP contribution < -0.4 is 5.32 Å². The van der Waals surface area contributed by atoms with Crippen LogP contribution in [0.5, 0.6) is 0 Å². The van der Waals surface area contributed by atoms with E-state index in [1.807, 2.05) is 30.3 Å². The predicted molar refractivity (Wildman–Crippen MR) is 95.0 cm³/mol. The van der Waals surface area contributed by atoms with Gasteiger partial charge in [-0.2, -0.15) is 0 Å². The SMILES string of the molecule is O=C(NCCc1cnc(-c2ccccc2)nc1)c1ccc(Cl)cc1. The molecule has 1 amide bonds. The number of carbonyl (C=O) groups is 1. The summed E-state index contributed by atoms with van der Waals surface area (Å²) >= 11 is 5.81. The molecule has 120 valence electrons. The van der Waals surface area contributed by atoms with Crippen molar-refractivity contribution in [2.24, 2.45) is 0 Å². The number of nitrogens with one attached hydrogen (secondary N) is 1. The maximum absolute atomic E-state index is 12.0. The summed E-state index contributed by atoms with van der Waals surface area (Å²) in [5.41, 5.74) is 2.56. The first-order valence-electron chi connectivity index (χ1n) is 7.62. The van der Waals surface area contributed by atoms with Crippen LogP contribution in [0.15, 0.2) is 67.0 Å². The highest BCUT2D eigenvalue weighted by atomic mass is 35.5. The minimum Gasteiger partial charge on any atom is -0.352 e. The summed E-state index contributed by atoms with van der Waals surface area (Å²) in [6, 6.07) is 16.6. The molecule has 0 fully saturated rings. The predicted octanol–water partition coefficient (Wildman–Crippen LogP) is 3.77. The first-order valence-corrected chi connectivity index (χ1v) is 8.00. The van der Waals surface area contributed by atoms with Crippen LogP contribution in [0.2, 0.25) is 5.02 Å². The molecular weight excluding hydrogens is 322 g/mol. The van der Waals surface area contributed by atoms with Crippen molar-refractivity contribution in [1.82, 2.24) is 15.3 Å². The van der Waals surface area contributed by atoms with Gasteiger partial charge in [0.05, 0.1) is 0 Å². The van der Waals surface area contributed by atoms with Crippen molar-refractivity contribution < 1.29 is 4.79 Å². The molecule has 1 N–H and O–H groups in total. The number of amides is 1. The lowest BCUT2D eigenvalue weighted by Crippen LogP contribution is -2.25. The van der Waals surface area contributed by atoms with Gasteiger partial charge in [-0.25, -0.2) is 9.97 Å². The van der Waals surface area contributed by atoms with Crippen molar-refractivity contribution in [3.63, 3.8) is 0 Å². The van der Waals surface area contributed by atoms with Gasteiger partial charge in [-0.15, -0.1) is 0 Å². The highest BCUT2D eigenvalue weighted by Gasteiger charge is 2.05. The Kier molecular flexibility index (Phi) is 5.18. The fourth-order valence-corrected chi connectivity index (χ4v) is 2.37. The zero-order chi connectivity index (χ0) is 16.8. The molecule has 0 spiro atoms. The third-order valence-electron chi connectivity index (χ3n) is 3.54. The number of hydrogen-bond donors (Lipinski definition) is 1. The van der Waals surface area contributed by atoms with Gasteiger partial charge >= 0.3 is 0 Å². The molecule has 0 unspecified atom stereocenters. The average molecular weight is 338 g/mol. The molecule has 2 aromatic carbocycles. The van der Waals surface area contributed by atoms with Crippen LogP contribution in [-0.2, 0) is 6.42 Å². The second-order valence-electron chi connectivity index (χ2n) is 5.29. The lowest BCUT2D eigenvalue weighted by molar-refractivity contribution is 0.0954. The number of hydrogen-bond acceptors (Lipinski definition) is 3. The third kappa shape index (κ3) is 4.18. The molecular formula is C19H16ClN3O. The average Bonchev–Trinajstić information content (AvgIpc) is 2.63. The number of aromatic nitrogens is 2. The normalized spacial score (nSPS) is 10.4. The summed E-state index contributed by atoms with van der Waals surface area (Å²) in [7, 11) is 0. The second-order valence-corrected chi connectivity index (χ2v) is 5.73. The summed E-state index contributed by atoms with van der Waals surface area (Å²) < 4.78 is 0. The van der Waals surface area contributed by atoms with Gasteiger partial charge in [-0.1, -0.05) is 41.9 Å². The van der Waals surface area contributed by atoms with Crippen LogP contribution >= 0.6 is 11.6 Å². The molecule has 0 bridgehead atoms. The van der Waals surface area contributed by atoms with Gasteiger partial charge in [0.15, 0.2) is 5.82 Å². The van der Waals surface area contributed by atoms with Crippen LogP contribution in [0, 0.1) is 0 Å². The molecule has 0 aliphatic heterocycles. The van der Waals surface area contributed by atoms with Crippen LogP contribution in [0.4, 0.5) is 0 Å². The Morgan fingerprint density at radius 1 is 0.958 bits per heavy atom. The van der Waals surface area contributed by atoms with Crippen molar-refractivity contribution in [3.05, 3.63) is 83.1 Å². The summed E-state index contributed by atoms with van der Waals surface area (Å²) in [6.45, 7) is 0.523. The number of halogens is 1. The van der Waals surface area contributed by atoms with Crippen LogP contribution in [-0.4, -0.2) is 22.4 Å². The van der Waals surface area contributed by atoms with E-state index in [-0.39, 0.29) is 5.91 Å². The third-order valence-corrected chi connectivity index (χ3v) is 3.79. The van der Waals surface area contributed by atoms with E-state index in [9.17, 15) is 4.79 Å². The Morgan fingerprint density at radius 2 is 1.62 bits per heavy atom. The first kappa shape index (κ1) is 16.1. The van der Waals surface area contributed by atoms with Gasteiger partial charge in [-0.05, 0) is 36.2 Å². The quantitative estimate of drug-likeness (QED) is 0.771. The molecule has 0 atom stereocenters. The highest BCUT2D eigenvalue weighted by molar-refractivity contribution is 6.30. The number of benzene rings is 2. The molecule has 0 aliphatic carbocycles. The van der Waals surface area contributed by atoms with E-state index < -0.39 is 0 Å². The fourth-order valence-electron chi connectivity index (χ4n) is 2.24. The molecule has 3 rings (SSSR count). The number of rotatable bonds is 5. The molecule has 5 heteroatoms. The van der Waals surface area contributed by atoms with E-state index in [1.54, 1.807) is 36.7 Å². The van der Waals surface area contributed by atoms with E-state index in [0.717, 1.165) is 11.1 Å². The largest absolute Gasteiger partial charge is 0.352 e. The summed E-state index contributed by atoms with van der Waals surface area (Å²) in [6.07, 6.45) is 4.27. The van der Waals surface area contributed by atoms with Gasteiger partial charge in [0.2, 0.25) is 0 Å². The Balaban J connectivity index is 1.53. The molecule has 4 nitrogen and oxygen atoms in total. The summed E-state index contributed by atoms with van der Waals surface area (Å²) in [4.78, 5) is 20.8. The monoisotopic (exact) mass is 337 g/mol. The van der Waals surface area contributed by atoms with Crippen molar-refractivity contribution in [2.45, 2.75) is 6.42 Å². The Hall–Kier alpha value is -2.72. The van der Waals surface area contributed by atoms with Crippen molar-refractivity contribution in [1.29, 1.82) is 0 Å². The van der Waals surface area contributed by atoms with Crippen LogP contribution in [0.25, 0.3) is 11.4 Å². The fraction of sp³-hybridized carbons (Fsp3) is 0.105. The molecule has 1 heterocycles. The molecule has 0 radical (unpaired) electrons. The first-order chi connectivity index (χ1) is 11.7. The van der Waals surface area contributed by atoms with Gasteiger partial charge < -0.3 is 5.32 Å². The summed E-state index contributed by atoms with van der Waals surface area (Å²) in [5.74, 6) is 0.582. The highest BCUT2D eigenvalue weighted by Crippen LogP contribution is 2.13. The van der Waals surface area contributed by atoms with Gasteiger partial charge in [0.25, 0.3) is 5.91 Å². The van der Waals surface area contributed by atoms with Crippen LogP contribution in [0.3, 0.4) is 0 Å². The Bertz CT molecular complexity index is 802. The zero-order valence-electron chi connectivity index (χ0n) is 12.9. The molecule has 0 aliphatic rings. The number of nitrogens with zero attached hydrogens (tertiary/aromatic N) is 2. The van der Waals surface area contributed by atoms with E-state index in [4.69, 9.17) is 11.6 Å². The number of carbonyl (C=O) groups excluding carboxylic acids is 1. The minimum atomic E-state index is -0.117. The smallest absolute Gasteiger partial charge is 0.251 e. The van der Waals surface area contributed by atoms with Gasteiger partial charge in [0, 0.05) is 35.1 Å². The zero-order valence-corrected chi connectivity index (χ0v) is 13.7. The van der Waals surface area contributed by atoms with Gasteiger partial charge in [0.1, 0.15) is 0 Å². The standard InChI is InChI=1S/C19H16ClN3O/c20-17-8-6-16(7-9-17)19(24)21-11-10-14-12-22-18(23-13-14)15-4-2-1-3-5-15/h1-9,12-13H,10-11H2,(H,21,24). The van der Waals surface area contributed by atoms with E-state index in [2.05, 4.69) is 15.3 Å². The van der Waals surface area contributed by atoms with Gasteiger partial charge in [-0.3, -0.25) is 4.79 Å². The maximum atomic E-state index is 12.0. The lowest BCUT2D eigenvalue weighted by Gasteiger charge is -2.06. The van der Waals surface area contributed by atoms with E-state index in [0.29, 0.717) is 29.4 Å². The topological polar surface area (TPSA) is 54.9 Å². The second kappa shape index (κ2) is 7.70. The van der Waals surface area contributed by atoms with E-state index >= 15 is 0 Å². The lowest BCUT2D eigenvalue weighted by atomic mass is 10.2. The molecule has 24 heavy (non-hydrogen) atoms. The van der Waals surface area contributed by atoms with Crippen molar-refractivity contribution >= 4 is 17.5 Å². The maximum Gasteiger partial charge on any atom is 0.251 e. The Labute approximate surface area is 145 Å². The molecule has 1 aromatic heterocycles. The van der Waals surface area contributed by atoms with Crippen molar-refractivity contribution in [3.8, 4) is 11.4 Å². The molecule has 3 aromatic rings. The molecule has 0 saturated heterocycles. The van der Waals surface area contributed by atoms with Crippen LogP contribution in [0.1, 0.15) is 15.9 Å². The summed E-state index contributed by atoms with van der Waals surface area (Å²) in [5, 5.41) is 3.49. The van der Waals surface area contributed by atoms with Crippen molar-refractivity contribution in [2.75, 3.05) is 6.54 Å². The molecule has 0 saturated carbocycles. The van der Waals surface area contributed by atoms with E-state index in [1.165, 1.54) is 0 Å². The minimum absolute atomic E-state index is 0.117.